The topological polar surface area (TPSA) is 35.2 Å². The fourth-order valence-electron chi connectivity index (χ4n) is 3.39. The monoisotopic (exact) mass is 302 g/mol. The van der Waals surface area contributed by atoms with Gasteiger partial charge in [0.1, 0.15) is 0 Å². The van der Waals surface area contributed by atoms with Crippen LogP contribution < -0.4 is 0 Å². The molecule has 5 heteroatoms. The summed E-state index contributed by atoms with van der Waals surface area (Å²) in [6.45, 7) is 7.03. The summed E-state index contributed by atoms with van der Waals surface area (Å²) in [6.07, 6.45) is 3.31. The Morgan fingerprint density at radius 2 is 2.23 bits per heavy atom. The van der Waals surface area contributed by atoms with Crippen molar-refractivity contribution in [1.29, 1.82) is 0 Å². The minimum atomic E-state index is 0.628. The Bertz CT molecular complexity index is 616. The van der Waals surface area contributed by atoms with Gasteiger partial charge >= 0.3 is 0 Å². The molecule has 0 N–H and O–H groups in total. The third-order valence-corrected chi connectivity index (χ3v) is 4.50. The van der Waals surface area contributed by atoms with Crippen LogP contribution in [0.5, 0.6) is 0 Å². The highest BCUT2D eigenvalue weighted by Crippen LogP contribution is 2.21. The Balaban J connectivity index is 1.76. The molecule has 0 spiro atoms. The maximum atomic E-state index is 5.29. The molecule has 2 aromatic rings. The zero-order chi connectivity index (χ0) is 15.5. The number of rotatable bonds is 5. The largest absolute Gasteiger partial charge is 0.385 e. The molecule has 2 aromatic heterocycles. The number of aromatic nitrogens is 3. The lowest BCUT2D eigenvalue weighted by molar-refractivity contribution is 0.150. The third-order valence-electron chi connectivity index (χ3n) is 4.50. The lowest BCUT2D eigenvalue weighted by Gasteiger charge is -2.23. The van der Waals surface area contributed by atoms with Crippen LogP contribution in [0.3, 0.4) is 0 Å². The van der Waals surface area contributed by atoms with Crippen molar-refractivity contribution in [3.8, 4) is 0 Å². The molecule has 0 aromatic carbocycles. The van der Waals surface area contributed by atoms with Gasteiger partial charge in [0.2, 0.25) is 0 Å². The number of aryl methyl sites for hydroxylation is 2. The van der Waals surface area contributed by atoms with Crippen LogP contribution in [-0.2, 0) is 31.4 Å². The zero-order valence-electron chi connectivity index (χ0n) is 13.8. The molecule has 120 valence electrons. The number of hydrogen-bond donors (Lipinski definition) is 0. The lowest BCUT2D eigenvalue weighted by atomic mass is 10.1. The van der Waals surface area contributed by atoms with Gasteiger partial charge in [-0.25, -0.2) is 0 Å². The zero-order valence-corrected chi connectivity index (χ0v) is 13.8. The summed E-state index contributed by atoms with van der Waals surface area (Å²) in [5, 5.41) is 4.47. The fourth-order valence-corrected chi connectivity index (χ4v) is 3.39. The highest BCUT2D eigenvalue weighted by molar-refractivity contribution is 5.11. The summed E-state index contributed by atoms with van der Waals surface area (Å²) in [6, 6.07) is 6.58. The second-order valence-electron chi connectivity index (χ2n) is 6.37. The van der Waals surface area contributed by atoms with Gasteiger partial charge in [0.25, 0.3) is 0 Å². The van der Waals surface area contributed by atoms with Gasteiger partial charge < -0.3 is 9.30 Å². The third kappa shape index (κ3) is 3.42. The van der Waals surface area contributed by atoms with E-state index >= 15 is 0 Å². The second kappa shape index (κ2) is 6.67. The molecule has 1 aliphatic rings. The standard InChI is InChI=1S/C17H26N4O/c1-14-9-17(19(2)18-14)13-20-10-15(6-8-22-3)11-21-7-4-5-16(21)12-20/h4-5,7,9,15H,6,8,10-13H2,1-3H3/t15-/m1/s1. The molecule has 22 heavy (non-hydrogen) atoms. The van der Waals surface area contributed by atoms with Crippen LogP contribution in [0.4, 0.5) is 0 Å². The minimum absolute atomic E-state index is 0.628. The molecular formula is C17H26N4O. The van der Waals surface area contributed by atoms with Crippen molar-refractivity contribution >= 4 is 0 Å². The van der Waals surface area contributed by atoms with E-state index in [2.05, 4.69) is 45.9 Å². The van der Waals surface area contributed by atoms with Crippen molar-refractivity contribution in [2.45, 2.75) is 33.0 Å². The Hall–Kier alpha value is -1.59. The van der Waals surface area contributed by atoms with Gasteiger partial charge in [-0.2, -0.15) is 5.10 Å². The van der Waals surface area contributed by atoms with E-state index < -0.39 is 0 Å². The van der Waals surface area contributed by atoms with Gasteiger partial charge in [0.15, 0.2) is 0 Å². The van der Waals surface area contributed by atoms with E-state index in [0.717, 1.165) is 44.9 Å². The molecular weight excluding hydrogens is 276 g/mol. The first-order valence-electron chi connectivity index (χ1n) is 8.00. The van der Waals surface area contributed by atoms with Gasteiger partial charge in [-0.1, -0.05) is 0 Å². The van der Waals surface area contributed by atoms with Crippen molar-refractivity contribution in [2.24, 2.45) is 13.0 Å². The molecule has 1 aliphatic heterocycles. The number of fused-ring (bicyclic) bond motifs is 1. The van der Waals surface area contributed by atoms with Crippen LogP contribution in [-0.4, -0.2) is 39.5 Å². The number of nitrogens with zero attached hydrogens (tertiary/aromatic N) is 4. The molecule has 5 nitrogen and oxygen atoms in total. The smallest absolute Gasteiger partial charge is 0.0597 e. The Morgan fingerprint density at radius 1 is 1.36 bits per heavy atom. The van der Waals surface area contributed by atoms with Crippen LogP contribution in [0.2, 0.25) is 0 Å². The predicted octanol–water partition coefficient (Wildman–Crippen LogP) is 2.20. The fraction of sp³-hybridized carbons (Fsp3) is 0.588. The van der Waals surface area contributed by atoms with E-state index in [9.17, 15) is 0 Å². The number of ether oxygens (including phenoxy) is 1. The summed E-state index contributed by atoms with van der Waals surface area (Å²) in [4.78, 5) is 2.54. The van der Waals surface area contributed by atoms with Gasteiger partial charge in [-0.3, -0.25) is 9.58 Å². The minimum Gasteiger partial charge on any atom is -0.385 e. The van der Waals surface area contributed by atoms with Gasteiger partial charge in [0.05, 0.1) is 11.4 Å². The predicted molar refractivity (Wildman–Crippen MR) is 86.5 cm³/mol. The van der Waals surface area contributed by atoms with E-state index in [1.807, 2.05) is 11.7 Å². The number of hydrogen-bond acceptors (Lipinski definition) is 3. The summed E-state index contributed by atoms with van der Waals surface area (Å²) in [5.41, 5.74) is 3.77. The van der Waals surface area contributed by atoms with Gasteiger partial charge in [-0.15, -0.1) is 0 Å². The van der Waals surface area contributed by atoms with Crippen molar-refractivity contribution in [3.05, 3.63) is 41.5 Å². The first-order chi connectivity index (χ1) is 10.7. The maximum Gasteiger partial charge on any atom is 0.0597 e. The molecule has 3 heterocycles. The molecule has 3 rings (SSSR count). The molecule has 0 radical (unpaired) electrons. The van der Waals surface area contributed by atoms with Crippen LogP contribution in [0, 0.1) is 12.8 Å². The number of methoxy groups -OCH3 is 1. The average Bonchev–Trinajstić information content (AvgIpc) is 2.98. The molecule has 0 aliphatic carbocycles. The van der Waals surface area contributed by atoms with E-state index in [1.54, 1.807) is 7.11 Å². The SMILES string of the molecule is COCC[C@@H]1CN(Cc2cc(C)nn2C)Cc2cccn2C1. The highest BCUT2D eigenvalue weighted by Gasteiger charge is 2.22. The molecule has 0 bridgehead atoms. The lowest BCUT2D eigenvalue weighted by Crippen LogP contribution is -2.29. The first-order valence-corrected chi connectivity index (χ1v) is 8.00. The average molecular weight is 302 g/mol. The maximum absolute atomic E-state index is 5.29. The van der Waals surface area contributed by atoms with Gasteiger partial charge in [0, 0.05) is 58.8 Å². The van der Waals surface area contributed by atoms with Crippen molar-refractivity contribution < 1.29 is 4.74 Å². The van der Waals surface area contributed by atoms with E-state index in [4.69, 9.17) is 4.74 Å². The molecule has 0 amide bonds. The molecule has 0 unspecified atom stereocenters. The normalized spacial score (nSPS) is 19.1. The van der Waals surface area contributed by atoms with Crippen LogP contribution in [0.1, 0.15) is 23.5 Å². The summed E-state index contributed by atoms with van der Waals surface area (Å²) < 4.78 is 9.69. The molecule has 0 fully saturated rings. The Kier molecular flexibility index (Phi) is 4.64. The van der Waals surface area contributed by atoms with Crippen LogP contribution in [0.25, 0.3) is 0 Å². The van der Waals surface area contributed by atoms with E-state index in [-0.39, 0.29) is 0 Å². The summed E-state index contributed by atoms with van der Waals surface area (Å²) in [7, 11) is 3.82. The van der Waals surface area contributed by atoms with Crippen LogP contribution in [0.15, 0.2) is 24.4 Å². The van der Waals surface area contributed by atoms with E-state index in [0.29, 0.717) is 5.92 Å². The first kappa shape index (κ1) is 15.3. The van der Waals surface area contributed by atoms with Crippen molar-refractivity contribution in [2.75, 3.05) is 20.3 Å². The molecule has 1 atom stereocenters. The molecule has 0 saturated heterocycles. The van der Waals surface area contributed by atoms with Crippen molar-refractivity contribution in [1.82, 2.24) is 19.2 Å². The second-order valence-corrected chi connectivity index (χ2v) is 6.37. The Morgan fingerprint density at radius 3 is 2.95 bits per heavy atom. The highest BCUT2D eigenvalue weighted by atomic mass is 16.5. The molecule has 0 saturated carbocycles. The summed E-state index contributed by atoms with van der Waals surface area (Å²) in [5.74, 6) is 0.628. The van der Waals surface area contributed by atoms with E-state index in [1.165, 1.54) is 11.4 Å². The van der Waals surface area contributed by atoms with Crippen LogP contribution >= 0.6 is 0 Å². The summed E-state index contributed by atoms with van der Waals surface area (Å²) >= 11 is 0. The van der Waals surface area contributed by atoms with Gasteiger partial charge in [-0.05, 0) is 37.5 Å². The van der Waals surface area contributed by atoms with Crippen molar-refractivity contribution in [3.63, 3.8) is 0 Å². The quantitative estimate of drug-likeness (QED) is 0.849. The Labute approximate surface area is 132 Å².